The second kappa shape index (κ2) is 5.07. The first kappa shape index (κ1) is 14.2. The van der Waals surface area contributed by atoms with E-state index >= 15 is 0 Å². The van der Waals surface area contributed by atoms with Gasteiger partial charge in [0.2, 0.25) is 0 Å². The second-order valence-electron chi connectivity index (χ2n) is 5.40. The summed E-state index contributed by atoms with van der Waals surface area (Å²) in [6, 6.07) is 3.17. The van der Waals surface area contributed by atoms with Crippen molar-refractivity contribution in [3.8, 4) is 0 Å². The predicted octanol–water partition coefficient (Wildman–Crippen LogP) is 0.422. The lowest BCUT2D eigenvalue weighted by Crippen LogP contribution is -2.47. The quantitative estimate of drug-likeness (QED) is 0.817. The Kier molecular flexibility index (Phi) is 3.61. The van der Waals surface area contributed by atoms with Crippen LogP contribution in [0.2, 0.25) is 0 Å². The summed E-state index contributed by atoms with van der Waals surface area (Å²) < 4.78 is 6.72. The van der Waals surface area contributed by atoms with Gasteiger partial charge in [0, 0.05) is 50.8 Å². The van der Waals surface area contributed by atoms with Crippen molar-refractivity contribution in [3.05, 3.63) is 22.5 Å². The largest absolute Gasteiger partial charge is 0.443 e. The number of piperidine rings is 1. The Balaban J connectivity index is 2.15. The van der Waals surface area contributed by atoms with Crippen LogP contribution in [0.1, 0.15) is 19.8 Å². The molecule has 1 saturated heterocycles. The van der Waals surface area contributed by atoms with E-state index in [1.807, 2.05) is 6.92 Å². The molecule has 1 aliphatic rings. The molecule has 0 aromatic carbocycles. The summed E-state index contributed by atoms with van der Waals surface area (Å²) >= 11 is 0. The van der Waals surface area contributed by atoms with Crippen LogP contribution in [0.5, 0.6) is 0 Å². The van der Waals surface area contributed by atoms with Gasteiger partial charge >= 0.3 is 6.09 Å². The van der Waals surface area contributed by atoms with Crippen LogP contribution >= 0.6 is 0 Å². The van der Waals surface area contributed by atoms with Crippen molar-refractivity contribution in [1.82, 2.24) is 4.57 Å². The smallest absolute Gasteiger partial charge is 0.405 e. The maximum Gasteiger partial charge on any atom is 0.405 e. The third-order valence-electron chi connectivity index (χ3n) is 3.75. The van der Waals surface area contributed by atoms with Crippen molar-refractivity contribution in [3.63, 3.8) is 0 Å². The van der Waals surface area contributed by atoms with Crippen LogP contribution in [0.4, 0.5) is 16.3 Å². The average Bonchev–Trinajstić information content (AvgIpc) is 2.33. The van der Waals surface area contributed by atoms with Gasteiger partial charge in [0.15, 0.2) is 0 Å². The number of nitrogen functional groups attached to an aromatic ring is 1. The number of hydrogen-bond donors (Lipinski definition) is 2. The number of rotatable bonds is 2. The van der Waals surface area contributed by atoms with Gasteiger partial charge in [0.1, 0.15) is 11.4 Å². The zero-order valence-corrected chi connectivity index (χ0v) is 11.8. The topological polar surface area (TPSA) is 104 Å². The van der Waals surface area contributed by atoms with E-state index in [1.54, 1.807) is 17.7 Å². The SMILES string of the molecule is Cn1c(N2CCC(C)(OC(N)=O)CC2)cc(N)cc1=O. The number of carbonyl (C=O) groups is 1. The van der Waals surface area contributed by atoms with E-state index in [2.05, 4.69) is 4.90 Å². The molecule has 110 valence electrons. The second-order valence-corrected chi connectivity index (χ2v) is 5.40. The van der Waals surface area contributed by atoms with Gasteiger partial charge in [-0.15, -0.1) is 0 Å². The maximum absolute atomic E-state index is 11.7. The van der Waals surface area contributed by atoms with Crippen LogP contribution in [-0.2, 0) is 11.8 Å². The number of nitrogens with zero attached hydrogens (tertiary/aromatic N) is 2. The first-order valence-corrected chi connectivity index (χ1v) is 6.51. The molecule has 0 atom stereocenters. The molecule has 0 saturated carbocycles. The highest BCUT2D eigenvalue weighted by molar-refractivity contribution is 5.65. The summed E-state index contributed by atoms with van der Waals surface area (Å²) in [5.41, 5.74) is 10.6. The fourth-order valence-corrected chi connectivity index (χ4v) is 2.50. The Morgan fingerprint density at radius 1 is 1.35 bits per heavy atom. The summed E-state index contributed by atoms with van der Waals surface area (Å²) in [7, 11) is 1.71. The van der Waals surface area contributed by atoms with Crippen molar-refractivity contribution in [2.24, 2.45) is 12.8 Å². The lowest BCUT2D eigenvalue weighted by molar-refractivity contribution is 0.0125. The molecule has 1 amide bonds. The molecule has 1 aromatic heterocycles. The summed E-state index contributed by atoms with van der Waals surface area (Å²) in [6.45, 7) is 3.20. The van der Waals surface area contributed by atoms with E-state index in [9.17, 15) is 9.59 Å². The Hall–Kier alpha value is -2.18. The number of primary amides is 1. The summed E-state index contributed by atoms with van der Waals surface area (Å²) in [5.74, 6) is 0.774. The van der Waals surface area contributed by atoms with E-state index in [0.29, 0.717) is 31.6 Å². The monoisotopic (exact) mass is 280 g/mol. The highest BCUT2D eigenvalue weighted by atomic mass is 16.6. The molecule has 1 aromatic rings. The minimum absolute atomic E-state index is 0.137. The zero-order chi connectivity index (χ0) is 14.9. The Morgan fingerprint density at radius 3 is 2.50 bits per heavy atom. The number of aromatic nitrogens is 1. The molecule has 2 rings (SSSR count). The van der Waals surface area contributed by atoms with E-state index < -0.39 is 11.7 Å². The van der Waals surface area contributed by atoms with Crippen LogP contribution in [0.15, 0.2) is 16.9 Å². The Morgan fingerprint density at radius 2 is 1.95 bits per heavy atom. The van der Waals surface area contributed by atoms with Crippen molar-refractivity contribution in [1.29, 1.82) is 0 Å². The number of nitrogens with two attached hydrogens (primary N) is 2. The summed E-state index contributed by atoms with van der Waals surface area (Å²) in [5, 5.41) is 0. The lowest BCUT2D eigenvalue weighted by Gasteiger charge is -2.39. The zero-order valence-electron chi connectivity index (χ0n) is 11.8. The predicted molar refractivity (Wildman–Crippen MR) is 76.6 cm³/mol. The van der Waals surface area contributed by atoms with Crippen LogP contribution < -0.4 is 21.9 Å². The number of pyridine rings is 1. The molecule has 2 heterocycles. The molecule has 7 heteroatoms. The van der Waals surface area contributed by atoms with Gasteiger partial charge in [0.25, 0.3) is 5.56 Å². The van der Waals surface area contributed by atoms with Gasteiger partial charge in [-0.1, -0.05) is 0 Å². The van der Waals surface area contributed by atoms with Crippen LogP contribution in [0, 0.1) is 0 Å². The average molecular weight is 280 g/mol. The lowest BCUT2D eigenvalue weighted by atomic mass is 9.93. The highest BCUT2D eigenvalue weighted by Crippen LogP contribution is 2.28. The van der Waals surface area contributed by atoms with Crippen LogP contribution in [-0.4, -0.2) is 29.4 Å². The number of anilines is 2. The summed E-state index contributed by atoms with van der Waals surface area (Å²) in [4.78, 5) is 24.7. The molecule has 1 aliphatic heterocycles. The molecule has 0 radical (unpaired) electrons. The van der Waals surface area contributed by atoms with Gasteiger partial charge < -0.3 is 21.1 Å². The minimum Gasteiger partial charge on any atom is -0.443 e. The minimum atomic E-state index is -0.752. The number of carbonyl (C=O) groups excluding carboxylic acids is 1. The Labute approximate surface area is 117 Å². The van der Waals surface area contributed by atoms with E-state index in [1.165, 1.54) is 6.07 Å². The van der Waals surface area contributed by atoms with Crippen LogP contribution in [0.3, 0.4) is 0 Å². The molecule has 0 unspecified atom stereocenters. The number of hydrogen-bond acceptors (Lipinski definition) is 5. The van der Waals surface area contributed by atoms with E-state index in [0.717, 1.165) is 5.82 Å². The van der Waals surface area contributed by atoms with Gasteiger partial charge in [-0.25, -0.2) is 4.79 Å². The molecule has 1 fully saturated rings. The maximum atomic E-state index is 11.7. The van der Waals surface area contributed by atoms with Crippen molar-refractivity contribution in [2.75, 3.05) is 23.7 Å². The van der Waals surface area contributed by atoms with Crippen molar-refractivity contribution in [2.45, 2.75) is 25.4 Å². The Bertz CT molecular complexity index is 573. The fraction of sp³-hybridized carbons (Fsp3) is 0.538. The van der Waals surface area contributed by atoms with Crippen molar-refractivity contribution >= 4 is 17.6 Å². The molecule has 0 spiro atoms. The van der Waals surface area contributed by atoms with Gasteiger partial charge in [-0.2, -0.15) is 0 Å². The molecular weight excluding hydrogens is 260 g/mol. The first-order chi connectivity index (χ1) is 9.31. The molecule has 0 bridgehead atoms. The third kappa shape index (κ3) is 2.87. The number of amides is 1. The van der Waals surface area contributed by atoms with Gasteiger partial charge in [-0.3, -0.25) is 9.36 Å². The normalized spacial score (nSPS) is 17.8. The third-order valence-corrected chi connectivity index (χ3v) is 3.75. The standard InChI is InChI=1S/C13H20N4O3/c1-13(20-12(15)19)3-5-17(6-4-13)10-7-9(14)8-11(18)16(10)2/h7-8H,3-6,14H2,1-2H3,(H2,15,19). The highest BCUT2D eigenvalue weighted by Gasteiger charge is 2.33. The fourth-order valence-electron chi connectivity index (χ4n) is 2.50. The molecule has 0 aliphatic carbocycles. The van der Waals surface area contributed by atoms with Crippen LogP contribution in [0.25, 0.3) is 0 Å². The molecular formula is C13H20N4O3. The van der Waals surface area contributed by atoms with Gasteiger partial charge in [0.05, 0.1) is 0 Å². The summed E-state index contributed by atoms with van der Waals surface area (Å²) in [6.07, 6.45) is 0.551. The van der Waals surface area contributed by atoms with Gasteiger partial charge in [-0.05, 0) is 6.92 Å². The van der Waals surface area contributed by atoms with E-state index in [-0.39, 0.29) is 5.56 Å². The molecule has 7 nitrogen and oxygen atoms in total. The first-order valence-electron chi connectivity index (χ1n) is 6.51. The molecule has 20 heavy (non-hydrogen) atoms. The number of ether oxygens (including phenoxy) is 1. The van der Waals surface area contributed by atoms with Crippen molar-refractivity contribution < 1.29 is 9.53 Å². The molecule has 4 N–H and O–H groups in total. The van der Waals surface area contributed by atoms with E-state index in [4.69, 9.17) is 16.2 Å².